The molecule has 1 aliphatic rings. The number of amides is 2. The number of aromatic nitrogens is 1. The molecule has 1 unspecified atom stereocenters. The Hall–Kier alpha value is -3.56. The largest absolute Gasteiger partial charge is 0.368 e. The fraction of sp³-hybridized carbons (Fsp3) is 0.286. The van der Waals surface area contributed by atoms with E-state index in [0.717, 1.165) is 11.8 Å². The third-order valence-corrected chi connectivity index (χ3v) is 5.98. The van der Waals surface area contributed by atoms with Crippen LogP contribution in [0.5, 0.6) is 0 Å². The standard InChI is InChI=1S/C21H20N6O2S/c1-3-14-15(11-22)21(30-18(19(23)29)13-7-5-4-6-8-13)26-20(17(14)24-2)27-10-9-25-16(28)12-27/h4-8,18H,3,9-10,12H2,1H3,(H2,23,29)(H,25,28). The highest BCUT2D eigenvalue weighted by molar-refractivity contribution is 8.00. The van der Waals surface area contributed by atoms with E-state index in [0.29, 0.717) is 41.5 Å². The summed E-state index contributed by atoms with van der Waals surface area (Å²) in [7, 11) is 0. The van der Waals surface area contributed by atoms with Gasteiger partial charge in [-0.05, 0) is 17.5 Å². The first-order valence-corrected chi connectivity index (χ1v) is 10.2. The molecule has 2 aromatic rings. The molecule has 1 saturated heterocycles. The van der Waals surface area contributed by atoms with Gasteiger partial charge in [-0.15, -0.1) is 0 Å². The highest BCUT2D eigenvalue weighted by Gasteiger charge is 2.28. The fourth-order valence-corrected chi connectivity index (χ4v) is 4.38. The summed E-state index contributed by atoms with van der Waals surface area (Å²) in [5.74, 6) is -0.354. The number of pyridine rings is 1. The molecule has 0 spiro atoms. The molecule has 9 heteroatoms. The predicted molar refractivity (Wildman–Crippen MR) is 114 cm³/mol. The lowest BCUT2D eigenvalue weighted by Crippen LogP contribution is -2.48. The molecule has 2 amide bonds. The lowest BCUT2D eigenvalue weighted by molar-refractivity contribution is -0.120. The minimum Gasteiger partial charge on any atom is -0.368 e. The van der Waals surface area contributed by atoms with Gasteiger partial charge in [-0.2, -0.15) is 5.26 Å². The van der Waals surface area contributed by atoms with Crippen molar-refractivity contribution in [2.45, 2.75) is 23.6 Å². The number of anilines is 1. The van der Waals surface area contributed by atoms with E-state index in [-0.39, 0.29) is 23.7 Å². The normalized spacial score (nSPS) is 14.4. The number of nitriles is 1. The Labute approximate surface area is 178 Å². The van der Waals surface area contributed by atoms with Gasteiger partial charge in [-0.25, -0.2) is 9.83 Å². The Bertz CT molecular complexity index is 1060. The third kappa shape index (κ3) is 4.22. The van der Waals surface area contributed by atoms with Gasteiger partial charge < -0.3 is 16.0 Å². The lowest BCUT2D eigenvalue weighted by atomic mass is 10.1. The van der Waals surface area contributed by atoms with Gasteiger partial charge in [0, 0.05) is 13.1 Å². The van der Waals surface area contributed by atoms with E-state index >= 15 is 0 Å². The van der Waals surface area contributed by atoms with Crippen LogP contribution >= 0.6 is 11.8 Å². The van der Waals surface area contributed by atoms with Crippen LogP contribution in [0, 0.1) is 17.9 Å². The number of nitrogens with two attached hydrogens (primary N) is 1. The van der Waals surface area contributed by atoms with E-state index < -0.39 is 11.2 Å². The number of benzene rings is 1. The molecule has 1 aliphatic heterocycles. The van der Waals surface area contributed by atoms with E-state index in [2.05, 4.69) is 21.2 Å². The molecule has 1 aromatic carbocycles. The molecular formula is C21H20N6O2S. The third-order valence-electron chi connectivity index (χ3n) is 4.73. The van der Waals surface area contributed by atoms with Crippen molar-refractivity contribution in [2.75, 3.05) is 24.5 Å². The van der Waals surface area contributed by atoms with Crippen LogP contribution in [0.25, 0.3) is 4.85 Å². The Morgan fingerprint density at radius 3 is 2.77 bits per heavy atom. The van der Waals surface area contributed by atoms with Crippen molar-refractivity contribution in [1.29, 1.82) is 5.26 Å². The van der Waals surface area contributed by atoms with E-state index in [9.17, 15) is 14.9 Å². The first-order chi connectivity index (χ1) is 14.5. The van der Waals surface area contributed by atoms with Gasteiger partial charge in [0.15, 0.2) is 0 Å². The van der Waals surface area contributed by atoms with Crippen molar-refractivity contribution in [1.82, 2.24) is 10.3 Å². The molecule has 2 heterocycles. The van der Waals surface area contributed by atoms with Crippen molar-refractivity contribution in [2.24, 2.45) is 5.73 Å². The van der Waals surface area contributed by atoms with Crippen LogP contribution in [0.1, 0.15) is 28.9 Å². The zero-order chi connectivity index (χ0) is 21.7. The Balaban J connectivity index is 2.14. The van der Waals surface area contributed by atoms with Crippen LogP contribution in [0.3, 0.4) is 0 Å². The molecule has 0 radical (unpaired) electrons. The smallest absolute Gasteiger partial charge is 0.239 e. The number of piperazine rings is 1. The maximum atomic E-state index is 12.2. The topological polar surface area (TPSA) is 116 Å². The summed E-state index contributed by atoms with van der Waals surface area (Å²) in [6.07, 6.45) is 0.441. The van der Waals surface area contributed by atoms with Gasteiger partial charge in [0.2, 0.25) is 17.5 Å². The van der Waals surface area contributed by atoms with Crippen molar-refractivity contribution in [3.05, 3.63) is 58.4 Å². The summed E-state index contributed by atoms with van der Waals surface area (Å²) in [5.41, 5.74) is 7.44. The SMILES string of the molecule is [C-]#[N+]c1c(N2CCNC(=O)C2)nc(SC(C(N)=O)c2ccccc2)c(C#N)c1CC. The first-order valence-electron chi connectivity index (χ1n) is 9.37. The van der Waals surface area contributed by atoms with E-state index in [4.69, 9.17) is 12.3 Å². The van der Waals surface area contributed by atoms with Crippen molar-refractivity contribution in [3.8, 4) is 6.07 Å². The number of hydrogen-bond acceptors (Lipinski definition) is 6. The molecule has 30 heavy (non-hydrogen) atoms. The molecule has 0 bridgehead atoms. The number of hydrogen-bond donors (Lipinski definition) is 2. The van der Waals surface area contributed by atoms with Crippen molar-refractivity contribution in [3.63, 3.8) is 0 Å². The van der Waals surface area contributed by atoms with Gasteiger partial charge in [-0.3, -0.25) is 9.59 Å². The van der Waals surface area contributed by atoms with Gasteiger partial charge in [0.05, 0.1) is 18.7 Å². The highest BCUT2D eigenvalue weighted by Crippen LogP contribution is 2.42. The molecule has 152 valence electrons. The molecule has 1 atom stereocenters. The van der Waals surface area contributed by atoms with Crippen LogP contribution in [0.2, 0.25) is 0 Å². The summed E-state index contributed by atoms with van der Waals surface area (Å²) >= 11 is 1.09. The van der Waals surface area contributed by atoms with Crippen molar-refractivity contribution < 1.29 is 9.59 Å². The van der Waals surface area contributed by atoms with Crippen LogP contribution < -0.4 is 16.0 Å². The molecule has 0 aliphatic carbocycles. The zero-order valence-electron chi connectivity index (χ0n) is 16.4. The predicted octanol–water partition coefficient (Wildman–Crippen LogP) is 2.32. The fourth-order valence-electron chi connectivity index (χ4n) is 3.32. The summed E-state index contributed by atoms with van der Waals surface area (Å²) in [6, 6.07) is 11.2. The van der Waals surface area contributed by atoms with Gasteiger partial charge in [0.1, 0.15) is 22.2 Å². The average molecular weight is 420 g/mol. The molecule has 0 saturated carbocycles. The van der Waals surface area contributed by atoms with Crippen LogP contribution in [0.4, 0.5) is 11.5 Å². The van der Waals surface area contributed by atoms with Gasteiger partial charge >= 0.3 is 0 Å². The Kier molecular flexibility index (Phi) is 6.55. The van der Waals surface area contributed by atoms with Crippen molar-refractivity contribution >= 4 is 35.1 Å². The average Bonchev–Trinajstić information content (AvgIpc) is 2.76. The Morgan fingerprint density at radius 2 is 2.20 bits per heavy atom. The number of nitrogens with zero attached hydrogens (tertiary/aromatic N) is 4. The molecule has 3 N–H and O–H groups in total. The van der Waals surface area contributed by atoms with Gasteiger partial charge in [0.25, 0.3) is 0 Å². The monoisotopic (exact) mass is 420 g/mol. The number of nitrogens with one attached hydrogen (secondary N) is 1. The molecule has 8 nitrogen and oxygen atoms in total. The van der Waals surface area contributed by atoms with E-state index in [1.807, 2.05) is 25.1 Å². The van der Waals surface area contributed by atoms with Crippen LogP contribution in [-0.4, -0.2) is 36.4 Å². The highest BCUT2D eigenvalue weighted by atomic mass is 32.2. The molecule has 1 aromatic heterocycles. The summed E-state index contributed by atoms with van der Waals surface area (Å²) in [6.45, 7) is 10.5. The number of thioether (sulfide) groups is 1. The van der Waals surface area contributed by atoms with Crippen LogP contribution in [-0.2, 0) is 16.0 Å². The Morgan fingerprint density at radius 1 is 1.47 bits per heavy atom. The second-order valence-electron chi connectivity index (χ2n) is 6.60. The van der Waals surface area contributed by atoms with E-state index in [1.165, 1.54) is 0 Å². The minimum atomic E-state index is -0.744. The zero-order valence-corrected chi connectivity index (χ0v) is 17.2. The van der Waals surface area contributed by atoms with Gasteiger partial charge in [-0.1, -0.05) is 49.0 Å². The van der Waals surface area contributed by atoms with E-state index in [1.54, 1.807) is 17.0 Å². The molecular weight excluding hydrogens is 400 g/mol. The second-order valence-corrected chi connectivity index (χ2v) is 7.70. The summed E-state index contributed by atoms with van der Waals surface area (Å²) < 4.78 is 0. The first kappa shape index (κ1) is 21.2. The number of rotatable bonds is 6. The summed E-state index contributed by atoms with van der Waals surface area (Å²) in [5, 5.41) is 12.1. The van der Waals surface area contributed by atoms with Crippen LogP contribution in [0.15, 0.2) is 35.4 Å². The number of carbonyl (C=O) groups excluding carboxylic acids is 2. The maximum absolute atomic E-state index is 12.2. The minimum absolute atomic E-state index is 0.0760. The summed E-state index contributed by atoms with van der Waals surface area (Å²) in [4.78, 5) is 34.0. The molecule has 1 fully saturated rings. The maximum Gasteiger partial charge on any atom is 0.239 e. The quantitative estimate of drug-likeness (QED) is 0.547. The second kappa shape index (κ2) is 9.29. The number of primary amides is 1. The number of carbonyl (C=O) groups is 2. The molecule has 3 rings (SSSR count). The lowest BCUT2D eigenvalue weighted by Gasteiger charge is -2.30.